The maximum atomic E-state index is 13.2. The van der Waals surface area contributed by atoms with Crippen LogP contribution in [0, 0.1) is 13.8 Å². The fourth-order valence-electron chi connectivity index (χ4n) is 3.22. The number of pyridine rings is 1. The minimum atomic E-state index is 0.0162. The molecule has 4 aromatic rings. The van der Waals surface area contributed by atoms with E-state index in [0.717, 1.165) is 42.3 Å². The molecule has 144 valence electrons. The number of benzene rings is 1. The van der Waals surface area contributed by atoms with Gasteiger partial charge in [0.25, 0.3) is 5.56 Å². The third kappa shape index (κ3) is 3.45. The summed E-state index contributed by atoms with van der Waals surface area (Å²) in [5.41, 5.74) is 3.17. The van der Waals surface area contributed by atoms with Gasteiger partial charge in [-0.1, -0.05) is 36.0 Å². The van der Waals surface area contributed by atoms with E-state index in [9.17, 15) is 4.79 Å². The molecule has 1 aromatic carbocycles. The van der Waals surface area contributed by atoms with E-state index in [1.807, 2.05) is 32.2 Å². The van der Waals surface area contributed by atoms with E-state index < -0.39 is 0 Å². The number of fused-ring (bicyclic) bond motifs is 2. The lowest BCUT2D eigenvalue weighted by Gasteiger charge is -2.12. The molecule has 7 heteroatoms. The molecule has 4 rings (SSSR count). The number of rotatable bonds is 6. The normalized spacial score (nSPS) is 11.5. The number of nitrogens with zero attached hydrogens (tertiary/aromatic N) is 3. The Morgan fingerprint density at radius 2 is 2.04 bits per heavy atom. The van der Waals surface area contributed by atoms with Gasteiger partial charge < -0.3 is 4.74 Å². The number of para-hydroxylation sites is 1. The van der Waals surface area contributed by atoms with Crippen LogP contribution in [-0.2, 0) is 17.0 Å². The average Bonchev–Trinajstić information content (AvgIpc) is 2.99. The van der Waals surface area contributed by atoms with Gasteiger partial charge in [0.05, 0.1) is 24.1 Å². The molecule has 0 aliphatic rings. The third-order valence-electron chi connectivity index (χ3n) is 4.85. The van der Waals surface area contributed by atoms with Crippen molar-refractivity contribution in [2.24, 2.45) is 0 Å². The van der Waals surface area contributed by atoms with Crippen LogP contribution in [0.4, 0.5) is 0 Å². The van der Waals surface area contributed by atoms with Crippen molar-refractivity contribution >= 4 is 44.2 Å². The summed E-state index contributed by atoms with van der Waals surface area (Å²) in [5, 5.41) is 2.57. The summed E-state index contributed by atoms with van der Waals surface area (Å²) >= 11 is 3.15. The number of thioether (sulfide) groups is 1. The smallest absolute Gasteiger partial charge is 0.263 e. The Labute approximate surface area is 171 Å². The van der Waals surface area contributed by atoms with Crippen molar-refractivity contribution in [3.63, 3.8) is 0 Å². The third-order valence-corrected chi connectivity index (χ3v) is 6.97. The second kappa shape index (κ2) is 8.03. The molecule has 0 saturated heterocycles. The Morgan fingerprint density at radius 1 is 1.21 bits per heavy atom. The van der Waals surface area contributed by atoms with Gasteiger partial charge in [-0.3, -0.25) is 14.3 Å². The van der Waals surface area contributed by atoms with Gasteiger partial charge in [-0.05, 0) is 31.0 Å². The van der Waals surface area contributed by atoms with Crippen molar-refractivity contribution in [2.75, 3.05) is 13.7 Å². The van der Waals surface area contributed by atoms with Crippen molar-refractivity contribution < 1.29 is 4.74 Å². The van der Waals surface area contributed by atoms with Crippen LogP contribution in [-0.4, -0.2) is 28.3 Å². The molecule has 0 saturated carbocycles. The van der Waals surface area contributed by atoms with Crippen molar-refractivity contribution in [3.05, 3.63) is 62.9 Å². The monoisotopic (exact) mass is 411 g/mol. The Kier molecular flexibility index (Phi) is 5.48. The molecule has 0 spiro atoms. The zero-order valence-electron chi connectivity index (χ0n) is 16.1. The molecule has 3 heterocycles. The molecular formula is C21H21N3O2S2. The first-order chi connectivity index (χ1) is 13.6. The molecule has 5 nitrogen and oxygen atoms in total. The molecule has 0 atom stereocenters. The lowest BCUT2D eigenvalue weighted by molar-refractivity contribution is 0.183. The number of aryl methyl sites for hydroxylation is 2. The van der Waals surface area contributed by atoms with E-state index in [1.54, 1.807) is 34.8 Å². The summed E-state index contributed by atoms with van der Waals surface area (Å²) in [5.74, 6) is 0.697. The predicted octanol–water partition coefficient (Wildman–Crippen LogP) is 4.56. The standard InChI is InChI=1S/C21H21N3O2S2/c1-13-14(2)28-19-17(13)20(25)24(10-11-26-3)21(23-19)27-12-16-7-4-6-15-8-5-9-22-18(15)16/h4-9H,10-12H2,1-3H3. The van der Waals surface area contributed by atoms with E-state index >= 15 is 0 Å². The van der Waals surface area contributed by atoms with Crippen LogP contribution in [0.5, 0.6) is 0 Å². The minimum absolute atomic E-state index is 0.0162. The summed E-state index contributed by atoms with van der Waals surface area (Å²) in [6.45, 7) is 4.99. The summed E-state index contributed by atoms with van der Waals surface area (Å²) in [7, 11) is 1.64. The zero-order chi connectivity index (χ0) is 19.7. The summed E-state index contributed by atoms with van der Waals surface area (Å²) in [4.78, 5) is 24.5. The van der Waals surface area contributed by atoms with E-state index in [2.05, 4.69) is 23.2 Å². The van der Waals surface area contributed by atoms with E-state index in [4.69, 9.17) is 9.72 Å². The number of ether oxygens (including phenoxy) is 1. The second-order valence-corrected chi connectivity index (χ2v) is 8.73. The number of thiophene rings is 1. The molecule has 3 aromatic heterocycles. The van der Waals surface area contributed by atoms with Gasteiger partial charge in [-0.15, -0.1) is 11.3 Å². The maximum Gasteiger partial charge on any atom is 0.263 e. The van der Waals surface area contributed by atoms with Gasteiger partial charge >= 0.3 is 0 Å². The minimum Gasteiger partial charge on any atom is -0.383 e. The lowest BCUT2D eigenvalue weighted by Crippen LogP contribution is -2.25. The second-order valence-electron chi connectivity index (χ2n) is 6.59. The van der Waals surface area contributed by atoms with Gasteiger partial charge in [0.15, 0.2) is 5.16 Å². The van der Waals surface area contributed by atoms with Crippen LogP contribution >= 0.6 is 23.1 Å². The Morgan fingerprint density at radius 3 is 2.86 bits per heavy atom. The van der Waals surface area contributed by atoms with Gasteiger partial charge in [0.1, 0.15) is 4.83 Å². The average molecular weight is 412 g/mol. The summed E-state index contributed by atoms with van der Waals surface area (Å²) in [6.07, 6.45) is 1.81. The largest absolute Gasteiger partial charge is 0.383 e. The molecule has 0 aliphatic heterocycles. The first-order valence-electron chi connectivity index (χ1n) is 9.05. The van der Waals surface area contributed by atoms with Crippen LogP contribution in [0.1, 0.15) is 16.0 Å². The van der Waals surface area contributed by atoms with Crippen molar-refractivity contribution in [1.82, 2.24) is 14.5 Å². The van der Waals surface area contributed by atoms with Gasteiger partial charge in [-0.2, -0.15) is 0 Å². The van der Waals surface area contributed by atoms with Crippen LogP contribution in [0.2, 0.25) is 0 Å². The highest BCUT2D eigenvalue weighted by Crippen LogP contribution is 2.30. The molecule has 0 aliphatic carbocycles. The number of methoxy groups -OCH3 is 1. The number of hydrogen-bond acceptors (Lipinski definition) is 6. The topological polar surface area (TPSA) is 57.0 Å². The predicted molar refractivity (Wildman–Crippen MR) is 117 cm³/mol. The number of aromatic nitrogens is 3. The highest BCUT2D eigenvalue weighted by atomic mass is 32.2. The lowest BCUT2D eigenvalue weighted by atomic mass is 10.1. The van der Waals surface area contributed by atoms with Crippen molar-refractivity contribution in [1.29, 1.82) is 0 Å². The van der Waals surface area contributed by atoms with E-state index in [0.29, 0.717) is 18.9 Å². The molecule has 0 N–H and O–H groups in total. The highest BCUT2D eigenvalue weighted by Gasteiger charge is 2.17. The fraction of sp³-hybridized carbons (Fsp3) is 0.286. The summed E-state index contributed by atoms with van der Waals surface area (Å²) in [6, 6.07) is 10.2. The Bertz CT molecular complexity index is 1210. The van der Waals surface area contributed by atoms with Crippen LogP contribution in [0.3, 0.4) is 0 Å². The molecule has 0 unspecified atom stereocenters. The van der Waals surface area contributed by atoms with Crippen molar-refractivity contribution in [2.45, 2.75) is 31.3 Å². The zero-order valence-corrected chi connectivity index (χ0v) is 17.7. The molecule has 0 bridgehead atoms. The van der Waals surface area contributed by atoms with Crippen molar-refractivity contribution in [3.8, 4) is 0 Å². The van der Waals surface area contributed by atoms with E-state index in [1.165, 1.54) is 0 Å². The molecule has 0 fully saturated rings. The first kappa shape index (κ1) is 19.1. The van der Waals surface area contributed by atoms with Gasteiger partial charge in [0, 0.05) is 29.3 Å². The van der Waals surface area contributed by atoms with Crippen LogP contribution in [0.15, 0.2) is 46.5 Å². The molecule has 0 amide bonds. The summed E-state index contributed by atoms with van der Waals surface area (Å²) < 4.78 is 6.96. The maximum absolute atomic E-state index is 13.2. The Balaban J connectivity index is 1.75. The fourth-order valence-corrected chi connectivity index (χ4v) is 5.31. The molecule has 0 radical (unpaired) electrons. The molecule has 28 heavy (non-hydrogen) atoms. The SMILES string of the molecule is COCCn1c(SCc2cccc3cccnc23)nc2sc(C)c(C)c2c1=O. The number of hydrogen-bond donors (Lipinski definition) is 0. The van der Waals surface area contributed by atoms with Crippen LogP contribution < -0.4 is 5.56 Å². The first-order valence-corrected chi connectivity index (χ1v) is 10.8. The van der Waals surface area contributed by atoms with Crippen LogP contribution in [0.25, 0.3) is 21.1 Å². The Hall–Kier alpha value is -2.22. The highest BCUT2D eigenvalue weighted by molar-refractivity contribution is 7.98. The van der Waals surface area contributed by atoms with E-state index in [-0.39, 0.29) is 5.56 Å². The van der Waals surface area contributed by atoms with Gasteiger partial charge in [0.2, 0.25) is 0 Å². The molecular weight excluding hydrogens is 390 g/mol. The quantitative estimate of drug-likeness (QED) is 0.344. The van der Waals surface area contributed by atoms with Gasteiger partial charge in [-0.25, -0.2) is 4.98 Å².